The van der Waals surface area contributed by atoms with Crippen molar-refractivity contribution >= 4 is 5.91 Å². The summed E-state index contributed by atoms with van der Waals surface area (Å²) in [5, 5.41) is 2.06. The molecule has 0 unspecified atom stereocenters. The van der Waals surface area contributed by atoms with Gasteiger partial charge < -0.3 is 11.1 Å². The fraction of sp³-hybridized carbons (Fsp3) is 0.900. The molecule has 3 N–H and O–H groups in total. The number of carbonyl (C=O) groups excluding carboxylic acids is 1. The van der Waals surface area contributed by atoms with Crippen LogP contribution in [-0.4, -0.2) is 24.7 Å². The second-order valence-corrected chi connectivity index (χ2v) is 4.17. The molecule has 94 valence electrons. The minimum atomic E-state index is -4.36. The van der Waals surface area contributed by atoms with Crippen molar-refractivity contribution in [3.05, 3.63) is 0 Å². The number of alkyl halides is 3. The molecule has 1 amide bonds. The summed E-state index contributed by atoms with van der Waals surface area (Å²) in [6, 6.07) is -1.70. The Kier molecular flexibility index (Phi) is 4.58. The van der Waals surface area contributed by atoms with Gasteiger partial charge in [0.15, 0.2) is 0 Å². The number of carbonyl (C=O) groups is 1. The lowest BCUT2D eigenvalue weighted by atomic mass is 9.97. The molecule has 0 heterocycles. The van der Waals surface area contributed by atoms with E-state index in [-0.39, 0.29) is 13.0 Å². The van der Waals surface area contributed by atoms with E-state index in [0.29, 0.717) is 12.8 Å². The second-order valence-electron chi connectivity index (χ2n) is 4.17. The van der Waals surface area contributed by atoms with E-state index in [0.717, 1.165) is 12.8 Å². The lowest BCUT2D eigenvalue weighted by Gasteiger charge is -2.26. The molecule has 3 nitrogen and oxygen atoms in total. The molecule has 0 aromatic rings. The normalized spacial score (nSPS) is 19.8. The van der Waals surface area contributed by atoms with Gasteiger partial charge in [0.05, 0.1) is 0 Å². The van der Waals surface area contributed by atoms with E-state index in [1.54, 1.807) is 0 Å². The maximum atomic E-state index is 12.7. The molecule has 1 aliphatic rings. The molecule has 1 rings (SSSR count). The summed E-state index contributed by atoms with van der Waals surface area (Å²) in [6.45, 7) is 0.0705. The first-order valence-electron chi connectivity index (χ1n) is 5.51. The third-order valence-corrected chi connectivity index (χ3v) is 2.91. The molecule has 0 spiro atoms. The predicted octanol–water partition coefficient (Wildman–Crippen LogP) is 1.57. The highest BCUT2D eigenvalue weighted by Crippen LogP contribution is 2.35. The molecule has 0 bridgehead atoms. The Hall–Kier alpha value is -0.780. The molecule has 0 aliphatic heterocycles. The summed E-state index contributed by atoms with van der Waals surface area (Å²) in [5.74, 6) is -1.08. The maximum Gasteiger partial charge on any atom is 0.408 e. The number of nitrogens with two attached hydrogens (primary N) is 1. The highest BCUT2D eigenvalue weighted by atomic mass is 19.4. The number of hydrogen-bond donors (Lipinski definition) is 2. The predicted molar refractivity (Wildman–Crippen MR) is 53.6 cm³/mol. The number of hydrogen-bond acceptors (Lipinski definition) is 2. The summed E-state index contributed by atoms with van der Waals surface area (Å²) in [4.78, 5) is 11.2. The van der Waals surface area contributed by atoms with E-state index < -0.39 is 24.0 Å². The first-order valence-corrected chi connectivity index (χ1v) is 5.51. The van der Waals surface area contributed by atoms with Crippen molar-refractivity contribution in [1.29, 1.82) is 0 Å². The number of nitrogens with one attached hydrogen (secondary N) is 1. The van der Waals surface area contributed by atoms with Gasteiger partial charge >= 0.3 is 6.18 Å². The van der Waals surface area contributed by atoms with E-state index in [2.05, 4.69) is 5.32 Å². The zero-order chi connectivity index (χ0) is 12.2. The second kappa shape index (κ2) is 5.52. The Labute approximate surface area is 92.6 Å². The van der Waals surface area contributed by atoms with Crippen molar-refractivity contribution in [3.8, 4) is 0 Å². The molecule has 6 heteroatoms. The zero-order valence-electron chi connectivity index (χ0n) is 9.02. The fourth-order valence-electron chi connectivity index (χ4n) is 2.13. The Bertz CT molecular complexity index is 237. The Morgan fingerprint density at radius 1 is 1.38 bits per heavy atom. The molecule has 1 saturated carbocycles. The number of halogens is 3. The fourth-order valence-corrected chi connectivity index (χ4v) is 2.13. The van der Waals surface area contributed by atoms with Gasteiger partial charge in [0.25, 0.3) is 0 Å². The van der Waals surface area contributed by atoms with Crippen LogP contribution < -0.4 is 11.1 Å². The van der Waals surface area contributed by atoms with E-state index in [1.165, 1.54) is 0 Å². The number of rotatable bonds is 4. The molecule has 1 fully saturated rings. The third-order valence-electron chi connectivity index (χ3n) is 2.91. The topological polar surface area (TPSA) is 55.1 Å². The van der Waals surface area contributed by atoms with Crippen LogP contribution in [0.3, 0.4) is 0 Å². The molecule has 0 radical (unpaired) electrons. The molecule has 0 aromatic heterocycles. The van der Waals surface area contributed by atoms with Crippen molar-refractivity contribution < 1.29 is 18.0 Å². The minimum Gasteiger partial charge on any atom is -0.344 e. The average molecular weight is 238 g/mol. The monoisotopic (exact) mass is 238 g/mol. The lowest BCUT2D eigenvalue weighted by Crippen LogP contribution is -2.49. The Morgan fingerprint density at radius 2 is 1.94 bits per heavy atom. The molecule has 0 saturated heterocycles. The highest BCUT2D eigenvalue weighted by molar-refractivity contribution is 5.76. The van der Waals surface area contributed by atoms with Crippen molar-refractivity contribution in [2.75, 3.05) is 6.54 Å². The molecular formula is C10H17F3N2O. The lowest BCUT2D eigenvalue weighted by molar-refractivity contribution is -0.171. The van der Waals surface area contributed by atoms with Crippen LogP contribution in [-0.2, 0) is 4.79 Å². The van der Waals surface area contributed by atoms with Crippen LogP contribution >= 0.6 is 0 Å². The van der Waals surface area contributed by atoms with E-state index in [4.69, 9.17) is 5.73 Å². The van der Waals surface area contributed by atoms with Gasteiger partial charge in [-0.15, -0.1) is 0 Å². The summed E-state index contributed by atoms with van der Waals surface area (Å²) in [6.07, 6.45) is -1.73. The SMILES string of the molecule is NCCC(=O)N[C@H](C1CCCC1)C(F)(F)F. The van der Waals surface area contributed by atoms with Crippen molar-refractivity contribution in [2.24, 2.45) is 11.7 Å². The van der Waals surface area contributed by atoms with E-state index in [9.17, 15) is 18.0 Å². The smallest absolute Gasteiger partial charge is 0.344 e. The quantitative estimate of drug-likeness (QED) is 0.781. The molecule has 16 heavy (non-hydrogen) atoms. The summed E-state index contributed by atoms with van der Waals surface area (Å²) in [7, 11) is 0. The molecule has 0 aromatic carbocycles. The number of amides is 1. The van der Waals surface area contributed by atoms with Gasteiger partial charge in [-0.25, -0.2) is 0 Å². The highest BCUT2D eigenvalue weighted by Gasteiger charge is 2.45. The average Bonchev–Trinajstić information content (AvgIpc) is 2.65. The third kappa shape index (κ3) is 3.66. The Morgan fingerprint density at radius 3 is 2.38 bits per heavy atom. The standard InChI is InChI=1S/C10H17F3N2O/c11-10(12,13)9(7-3-1-2-4-7)15-8(16)5-6-14/h7,9H,1-6,14H2,(H,15,16)/t9-/m1/s1. The van der Waals surface area contributed by atoms with Crippen LogP contribution in [0.2, 0.25) is 0 Å². The van der Waals surface area contributed by atoms with E-state index >= 15 is 0 Å². The Balaban J connectivity index is 2.60. The van der Waals surface area contributed by atoms with Crippen molar-refractivity contribution in [1.82, 2.24) is 5.32 Å². The van der Waals surface area contributed by atoms with Gasteiger partial charge in [-0.3, -0.25) is 4.79 Å². The van der Waals surface area contributed by atoms with Gasteiger partial charge in [0.2, 0.25) is 5.91 Å². The summed E-state index contributed by atoms with van der Waals surface area (Å²) < 4.78 is 38.2. The summed E-state index contributed by atoms with van der Waals surface area (Å²) in [5.41, 5.74) is 5.13. The molecule has 1 atom stereocenters. The van der Waals surface area contributed by atoms with Crippen LogP contribution in [0.5, 0.6) is 0 Å². The van der Waals surface area contributed by atoms with E-state index in [1.807, 2.05) is 0 Å². The van der Waals surface area contributed by atoms with Gasteiger partial charge in [-0.1, -0.05) is 12.8 Å². The maximum absolute atomic E-state index is 12.7. The molecule has 1 aliphatic carbocycles. The van der Waals surface area contributed by atoms with Gasteiger partial charge in [0, 0.05) is 13.0 Å². The van der Waals surface area contributed by atoms with Gasteiger partial charge in [0.1, 0.15) is 6.04 Å². The first-order chi connectivity index (χ1) is 7.45. The zero-order valence-corrected chi connectivity index (χ0v) is 9.02. The minimum absolute atomic E-state index is 0.0563. The van der Waals surface area contributed by atoms with Crippen LogP contribution in [0.15, 0.2) is 0 Å². The molecular weight excluding hydrogens is 221 g/mol. The van der Waals surface area contributed by atoms with Crippen LogP contribution in [0.4, 0.5) is 13.2 Å². The van der Waals surface area contributed by atoms with Crippen LogP contribution in [0.25, 0.3) is 0 Å². The van der Waals surface area contributed by atoms with Gasteiger partial charge in [-0.05, 0) is 18.8 Å². The van der Waals surface area contributed by atoms with Gasteiger partial charge in [-0.2, -0.15) is 13.2 Å². The largest absolute Gasteiger partial charge is 0.408 e. The first kappa shape index (κ1) is 13.3. The van der Waals surface area contributed by atoms with Crippen LogP contribution in [0.1, 0.15) is 32.1 Å². The summed E-state index contributed by atoms with van der Waals surface area (Å²) >= 11 is 0. The van der Waals surface area contributed by atoms with Crippen molar-refractivity contribution in [3.63, 3.8) is 0 Å². The van der Waals surface area contributed by atoms with Crippen molar-refractivity contribution in [2.45, 2.75) is 44.3 Å². The van der Waals surface area contributed by atoms with Crippen LogP contribution in [0, 0.1) is 5.92 Å².